The average molecular weight is 467 g/mol. The molecule has 1 saturated heterocycles. The molecule has 3 N–H and O–H groups in total. The predicted octanol–water partition coefficient (Wildman–Crippen LogP) is 3.30. The molecule has 4 rings (SSSR count). The molecule has 1 fully saturated rings. The van der Waals surface area contributed by atoms with Crippen LogP contribution in [0.2, 0.25) is 0 Å². The molecule has 0 radical (unpaired) electrons. The van der Waals surface area contributed by atoms with Crippen LogP contribution in [0.5, 0.6) is 0 Å². The third kappa shape index (κ3) is 5.39. The van der Waals surface area contributed by atoms with Crippen LogP contribution < -0.4 is 10.6 Å². The Morgan fingerprint density at radius 1 is 1.09 bits per heavy atom. The summed E-state index contributed by atoms with van der Waals surface area (Å²) in [5, 5.41) is 14.4. The number of nitrogens with one attached hydrogen (secondary N) is 2. The second-order valence-corrected chi connectivity index (χ2v) is 8.89. The van der Waals surface area contributed by atoms with Crippen LogP contribution in [0.1, 0.15) is 43.2 Å². The van der Waals surface area contributed by atoms with Crippen LogP contribution in [-0.4, -0.2) is 55.0 Å². The summed E-state index contributed by atoms with van der Waals surface area (Å²) in [4.78, 5) is 35.7. The fourth-order valence-electron chi connectivity index (χ4n) is 4.73. The molecule has 3 atom stereocenters. The molecule has 0 spiro atoms. The van der Waals surface area contributed by atoms with Gasteiger partial charge in [0.2, 0.25) is 5.91 Å². The van der Waals surface area contributed by atoms with Crippen molar-refractivity contribution in [2.75, 3.05) is 19.8 Å². The highest BCUT2D eigenvalue weighted by molar-refractivity contribution is 5.82. The van der Waals surface area contributed by atoms with Gasteiger partial charge in [0, 0.05) is 37.5 Å². The molecular weight excluding hydrogens is 436 g/mol. The number of carboxylic acids is 1. The zero-order valence-corrected chi connectivity index (χ0v) is 19.2. The van der Waals surface area contributed by atoms with Crippen molar-refractivity contribution < 1.29 is 29.0 Å². The zero-order valence-electron chi connectivity index (χ0n) is 19.2. The molecule has 34 heavy (non-hydrogen) atoms. The summed E-state index contributed by atoms with van der Waals surface area (Å²) < 4.78 is 11.2. The van der Waals surface area contributed by atoms with Gasteiger partial charge in [-0.15, -0.1) is 0 Å². The molecule has 1 aliphatic heterocycles. The Kier molecular flexibility index (Phi) is 7.47. The minimum atomic E-state index is -0.900. The van der Waals surface area contributed by atoms with E-state index in [1.165, 1.54) is 11.1 Å². The highest BCUT2D eigenvalue weighted by Crippen LogP contribution is 2.44. The summed E-state index contributed by atoms with van der Waals surface area (Å²) in [6.45, 7) is 2.68. The Balaban J connectivity index is 1.27. The smallest absolute Gasteiger partial charge is 0.407 e. The molecule has 0 bridgehead atoms. The molecular formula is C26H30N2O6. The second kappa shape index (κ2) is 10.7. The third-order valence-corrected chi connectivity index (χ3v) is 6.50. The van der Waals surface area contributed by atoms with E-state index in [0.29, 0.717) is 19.4 Å². The lowest BCUT2D eigenvalue weighted by atomic mass is 9.98. The SMILES string of the molecule is CC(CCC(=O)O)NC(=O)[C@@H]1OCC[C@@H]1CNC(=O)OCC1c2ccccc2-c2ccccc21. The van der Waals surface area contributed by atoms with Gasteiger partial charge in [0.05, 0.1) is 0 Å². The minimum Gasteiger partial charge on any atom is -0.481 e. The average Bonchev–Trinajstić information content (AvgIpc) is 3.43. The highest BCUT2D eigenvalue weighted by Gasteiger charge is 2.35. The van der Waals surface area contributed by atoms with Gasteiger partial charge in [-0.3, -0.25) is 9.59 Å². The van der Waals surface area contributed by atoms with Crippen molar-refractivity contribution in [1.29, 1.82) is 0 Å². The van der Waals surface area contributed by atoms with E-state index in [-0.39, 0.29) is 43.4 Å². The van der Waals surface area contributed by atoms with E-state index < -0.39 is 18.2 Å². The van der Waals surface area contributed by atoms with Crippen LogP contribution in [0.15, 0.2) is 48.5 Å². The molecule has 2 aromatic carbocycles. The summed E-state index contributed by atoms with van der Waals surface area (Å²) in [5.41, 5.74) is 4.63. The molecule has 1 unspecified atom stereocenters. The molecule has 1 heterocycles. The standard InChI is InChI=1S/C26H30N2O6/c1-16(10-11-23(29)30)28-25(31)24-17(12-13-33-24)14-27-26(32)34-15-22-20-8-4-2-6-18(20)19-7-3-5-9-21(19)22/h2-9,16-17,22,24H,10-15H2,1H3,(H,27,32)(H,28,31)(H,29,30)/t16?,17-,24-/m1/s1. The number of carbonyl (C=O) groups excluding carboxylic acids is 2. The van der Waals surface area contributed by atoms with Crippen LogP contribution in [-0.2, 0) is 19.1 Å². The van der Waals surface area contributed by atoms with Gasteiger partial charge in [-0.05, 0) is 42.0 Å². The number of hydrogen-bond acceptors (Lipinski definition) is 5. The van der Waals surface area contributed by atoms with E-state index in [0.717, 1.165) is 11.1 Å². The summed E-state index contributed by atoms with van der Waals surface area (Å²) in [6.07, 6.45) is -0.231. The fourth-order valence-corrected chi connectivity index (χ4v) is 4.73. The van der Waals surface area contributed by atoms with Gasteiger partial charge < -0.3 is 25.2 Å². The first-order chi connectivity index (χ1) is 16.4. The lowest BCUT2D eigenvalue weighted by molar-refractivity contribution is -0.138. The van der Waals surface area contributed by atoms with Crippen molar-refractivity contribution in [3.8, 4) is 11.1 Å². The number of hydrogen-bond donors (Lipinski definition) is 3. The van der Waals surface area contributed by atoms with Gasteiger partial charge in [-0.25, -0.2) is 4.79 Å². The largest absolute Gasteiger partial charge is 0.481 e. The van der Waals surface area contributed by atoms with Crippen molar-refractivity contribution in [2.24, 2.45) is 5.92 Å². The topological polar surface area (TPSA) is 114 Å². The van der Waals surface area contributed by atoms with E-state index in [2.05, 4.69) is 34.9 Å². The maximum atomic E-state index is 12.6. The van der Waals surface area contributed by atoms with Crippen molar-refractivity contribution in [3.05, 3.63) is 59.7 Å². The molecule has 180 valence electrons. The quantitative estimate of drug-likeness (QED) is 0.523. The first-order valence-corrected chi connectivity index (χ1v) is 11.7. The Morgan fingerprint density at radius 2 is 1.74 bits per heavy atom. The molecule has 0 saturated carbocycles. The highest BCUT2D eigenvalue weighted by atomic mass is 16.5. The number of carbonyl (C=O) groups is 3. The second-order valence-electron chi connectivity index (χ2n) is 8.89. The van der Waals surface area contributed by atoms with Crippen molar-refractivity contribution in [1.82, 2.24) is 10.6 Å². The molecule has 8 nitrogen and oxygen atoms in total. The van der Waals surface area contributed by atoms with Gasteiger partial charge in [-0.2, -0.15) is 0 Å². The summed E-state index contributed by atoms with van der Waals surface area (Å²) in [7, 11) is 0. The van der Waals surface area contributed by atoms with E-state index in [1.54, 1.807) is 6.92 Å². The van der Waals surface area contributed by atoms with Gasteiger partial charge >= 0.3 is 12.1 Å². The van der Waals surface area contributed by atoms with Crippen LogP contribution >= 0.6 is 0 Å². The number of aliphatic carboxylic acids is 1. The number of carboxylic acid groups (broad SMARTS) is 1. The number of fused-ring (bicyclic) bond motifs is 3. The summed E-state index contributed by atoms with van der Waals surface area (Å²) in [5.74, 6) is -1.37. The van der Waals surface area contributed by atoms with Crippen LogP contribution in [0, 0.1) is 5.92 Å². The lowest BCUT2D eigenvalue weighted by Gasteiger charge is -2.21. The first kappa shape index (κ1) is 23.8. The summed E-state index contributed by atoms with van der Waals surface area (Å²) >= 11 is 0. The molecule has 0 aromatic heterocycles. The molecule has 2 aliphatic rings. The predicted molar refractivity (Wildman–Crippen MR) is 125 cm³/mol. The number of alkyl carbamates (subject to hydrolysis) is 1. The van der Waals surface area contributed by atoms with Crippen molar-refractivity contribution in [2.45, 2.75) is 44.2 Å². The Hall–Kier alpha value is -3.39. The summed E-state index contributed by atoms with van der Waals surface area (Å²) in [6, 6.07) is 16.0. The number of ether oxygens (including phenoxy) is 2. The molecule has 2 amide bonds. The van der Waals surface area contributed by atoms with E-state index >= 15 is 0 Å². The minimum absolute atomic E-state index is 0.0141. The lowest BCUT2D eigenvalue weighted by Crippen LogP contribution is -2.45. The number of amides is 2. The maximum Gasteiger partial charge on any atom is 0.407 e. The third-order valence-electron chi connectivity index (χ3n) is 6.50. The Bertz CT molecular complexity index is 1010. The molecule has 8 heteroatoms. The molecule has 2 aromatic rings. The maximum absolute atomic E-state index is 12.6. The van der Waals surface area contributed by atoms with Gasteiger partial charge in [0.25, 0.3) is 0 Å². The Morgan fingerprint density at radius 3 is 2.38 bits per heavy atom. The van der Waals surface area contributed by atoms with Crippen molar-refractivity contribution >= 4 is 18.0 Å². The zero-order chi connectivity index (χ0) is 24.1. The number of rotatable bonds is 9. The monoisotopic (exact) mass is 466 g/mol. The van der Waals surface area contributed by atoms with Gasteiger partial charge in [-0.1, -0.05) is 48.5 Å². The number of benzene rings is 2. The normalized spacial score (nSPS) is 19.7. The molecule has 1 aliphatic carbocycles. The van der Waals surface area contributed by atoms with Crippen LogP contribution in [0.4, 0.5) is 4.79 Å². The first-order valence-electron chi connectivity index (χ1n) is 11.7. The van der Waals surface area contributed by atoms with Gasteiger partial charge in [0.15, 0.2) is 0 Å². The van der Waals surface area contributed by atoms with Crippen LogP contribution in [0.25, 0.3) is 11.1 Å². The van der Waals surface area contributed by atoms with Crippen molar-refractivity contribution in [3.63, 3.8) is 0 Å². The Labute approximate surface area is 198 Å². The van der Waals surface area contributed by atoms with E-state index in [9.17, 15) is 14.4 Å². The van der Waals surface area contributed by atoms with Gasteiger partial charge in [0.1, 0.15) is 12.7 Å². The fraction of sp³-hybridized carbons (Fsp3) is 0.423. The van der Waals surface area contributed by atoms with Crippen LogP contribution in [0.3, 0.4) is 0 Å². The van der Waals surface area contributed by atoms with E-state index in [1.807, 2.05) is 24.3 Å². The van der Waals surface area contributed by atoms with E-state index in [4.69, 9.17) is 14.6 Å².